The molecule has 0 radical (unpaired) electrons. The summed E-state index contributed by atoms with van der Waals surface area (Å²) in [6.07, 6.45) is 6.58. The highest BCUT2D eigenvalue weighted by molar-refractivity contribution is 8.00. The second-order valence-corrected chi connectivity index (χ2v) is 11.6. The van der Waals surface area contributed by atoms with Crippen molar-refractivity contribution in [2.24, 2.45) is 0 Å². The van der Waals surface area contributed by atoms with Crippen molar-refractivity contribution >= 4 is 66.9 Å². The molecule has 1 aliphatic carbocycles. The number of anilines is 1. The summed E-state index contributed by atoms with van der Waals surface area (Å²) in [6.45, 7) is 4.45. The van der Waals surface area contributed by atoms with E-state index < -0.39 is 0 Å². The molecule has 182 valence electrons. The third-order valence-corrected chi connectivity index (χ3v) is 8.94. The first-order valence-corrected chi connectivity index (χ1v) is 14.8. The molecule has 1 aliphatic rings. The summed E-state index contributed by atoms with van der Waals surface area (Å²) < 4.78 is 6.21. The van der Waals surface area contributed by atoms with Crippen LogP contribution < -0.4 is 10.1 Å². The Labute approximate surface area is 217 Å². The van der Waals surface area contributed by atoms with Gasteiger partial charge < -0.3 is 10.1 Å². The maximum Gasteiger partial charge on any atom is 0.234 e. The lowest BCUT2D eigenvalue weighted by atomic mass is 9.86. The average Bonchev–Trinajstić information content (AvgIpc) is 3.26. The fourth-order valence-electron chi connectivity index (χ4n) is 4.58. The molecule has 1 N–H and O–H groups in total. The molecule has 0 saturated carbocycles. The number of nitrogens with one attached hydrogen (secondary N) is 1. The monoisotopic (exact) mass is 524 g/mol. The summed E-state index contributed by atoms with van der Waals surface area (Å²) in [7, 11) is 1.62. The minimum absolute atomic E-state index is 0.0728. The lowest BCUT2D eigenvalue weighted by molar-refractivity contribution is -0.113. The molecule has 6 nitrogen and oxygen atoms in total. The van der Waals surface area contributed by atoms with Crippen LogP contribution in [0, 0.1) is 0 Å². The molecule has 0 saturated heterocycles. The topological polar surface area (TPSA) is 77.0 Å². The largest absolute Gasteiger partial charge is 0.497 e. The van der Waals surface area contributed by atoms with Gasteiger partial charge >= 0.3 is 0 Å². The number of amides is 1. The molecule has 0 unspecified atom stereocenters. The Morgan fingerprint density at radius 3 is 2.54 bits per heavy atom. The Morgan fingerprint density at radius 2 is 1.86 bits per heavy atom. The number of hydrogen-bond donors (Lipinski definition) is 1. The molecule has 4 aromatic rings. The predicted octanol–water partition coefficient (Wildman–Crippen LogP) is 6.70. The molecule has 3 heterocycles. The number of carbonyl (C=O) groups excluding carboxylic acids is 1. The van der Waals surface area contributed by atoms with Crippen LogP contribution >= 0.6 is 34.9 Å². The summed E-state index contributed by atoms with van der Waals surface area (Å²) in [5.74, 6) is 1.34. The van der Waals surface area contributed by atoms with Crippen LogP contribution in [0.1, 0.15) is 49.4 Å². The molecule has 1 amide bonds. The first-order chi connectivity index (χ1) is 17.0. The van der Waals surface area contributed by atoms with Crippen LogP contribution in [0.3, 0.4) is 0 Å². The number of benzene rings is 1. The van der Waals surface area contributed by atoms with Gasteiger partial charge in [-0.05, 0) is 73.2 Å². The second kappa shape index (κ2) is 10.3. The van der Waals surface area contributed by atoms with Crippen molar-refractivity contribution in [3.8, 4) is 5.75 Å². The van der Waals surface area contributed by atoms with Crippen molar-refractivity contribution in [2.75, 3.05) is 24.4 Å². The van der Waals surface area contributed by atoms with Crippen LogP contribution in [0.2, 0.25) is 0 Å². The number of rotatable bonds is 7. The van der Waals surface area contributed by atoms with E-state index in [2.05, 4.69) is 19.2 Å². The van der Waals surface area contributed by atoms with Crippen molar-refractivity contribution in [3.05, 3.63) is 41.1 Å². The van der Waals surface area contributed by atoms with Crippen molar-refractivity contribution in [2.45, 2.75) is 55.6 Å². The van der Waals surface area contributed by atoms with Crippen LogP contribution in [-0.4, -0.2) is 40.0 Å². The zero-order valence-corrected chi connectivity index (χ0v) is 22.8. The van der Waals surface area contributed by atoms with Gasteiger partial charge in [-0.15, -0.1) is 11.3 Å². The molecule has 0 bridgehead atoms. The number of aromatic nitrogens is 3. The summed E-state index contributed by atoms with van der Waals surface area (Å²) in [6, 6.07) is 7.34. The van der Waals surface area contributed by atoms with Gasteiger partial charge in [-0.1, -0.05) is 37.4 Å². The molecular weight excluding hydrogens is 497 g/mol. The van der Waals surface area contributed by atoms with E-state index in [1.165, 1.54) is 58.6 Å². The third-order valence-electron chi connectivity index (χ3n) is 6.21. The zero-order valence-electron chi connectivity index (χ0n) is 20.3. The summed E-state index contributed by atoms with van der Waals surface area (Å²) in [5.41, 5.74) is 5.81. The summed E-state index contributed by atoms with van der Waals surface area (Å²) in [5, 5.41) is 5.73. The van der Waals surface area contributed by atoms with E-state index >= 15 is 0 Å². The maximum atomic E-state index is 12.7. The lowest BCUT2D eigenvalue weighted by Crippen LogP contribution is -2.14. The maximum absolute atomic E-state index is 12.7. The average molecular weight is 525 g/mol. The fourth-order valence-corrected chi connectivity index (χ4v) is 7.06. The highest BCUT2D eigenvalue weighted by atomic mass is 32.2. The molecule has 35 heavy (non-hydrogen) atoms. The first kappa shape index (κ1) is 24.3. The molecule has 0 fully saturated rings. The van der Waals surface area contributed by atoms with Gasteiger partial charge in [-0.3, -0.25) is 4.79 Å². The normalized spacial score (nSPS) is 13.4. The number of nitrogens with zero attached hydrogens (tertiary/aromatic N) is 3. The van der Waals surface area contributed by atoms with Crippen LogP contribution in [0.15, 0.2) is 34.4 Å². The summed E-state index contributed by atoms with van der Waals surface area (Å²) in [4.78, 5) is 28.6. The Morgan fingerprint density at radius 1 is 1.11 bits per heavy atom. The molecule has 1 aromatic carbocycles. The number of carbonyl (C=O) groups is 1. The van der Waals surface area contributed by atoms with Gasteiger partial charge in [0.25, 0.3) is 0 Å². The van der Waals surface area contributed by atoms with Crippen molar-refractivity contribution in [3.63, 3.8) is 0 Å². The molecule has 0 aliphatic heterocycles. The van der Waals surface area contributed by atoms with Crippen LogP contribution in [0.25, 0.3) is 20.4 Å². The van der Waals surface area contributed by atoms with Crippen molar-refractivity contribution < 1.29 is 9.53 Å². The van der Waals surface area contributed by atoms with Gasteiger partial charge in [0.2, 0.25) is 5.91 Å². The molecule has 0 spiro atoms. The van der Waals surface area contributed by atoms with E-state index in [9.17, 15) is 4.79 Å². The number of hydrogen-bond acceptors (Lipinski definition) is 8. The number of thioether (sulfide) groups is 2. The molecular formula is C26H28N4O2S3. The van der Waals surface area contributed by atoms with E-state index in [1.54, 1.807) is 18.4 Å². The number of thiophene rings is 1. The van der Waals surface area contributed by atoms with Crippen LogP contribution in [0.5, 0.6) is 5.75 Å². The van der Waals surface area contributed by atoms with Gasteiger partial charge in [0, 0.05) is 16.8 Å². The Hall–Kier alpha value is -2.36. The Balaban J connectivity index is 1.50. The molecule has 5 rings (SSSR count). The van der Waals surface area contributed by atoms with E-state index in [-0.39, 0.29) is 11.7 Å². The van der Waals surface area contributed by atoms with Gasteiger partial charge in [-0.25, -0.2) is 15.0 Å². The smallest absolute Gasteiger partial charge is 0.234 e. The lowest BCUT2D eigenvalue weighted by Gasteiger charge is -2.21. The van der Waals surface area contributed by atoms with Crippen molar-refractivity contribution in [1.29, 1.82) is 0 Å². The van der Waals surface area contributed by atoms with Crippen LogP contribution in [0.4, 0.5) is 5.69 Å². The van der Waals surface area contributed by atoms with Crippen LogP contribution in [-0.2, 0) is 17.6 Å². The number of pyridine rings is 1. The highest BCUT2D eigenvalue weighted by Crippen LogP contribution is 2.43. The molecule has 9 heteroatoms. The predicted molar refractivity (Wildman–Crippen MR) is 148 cm³/mol. The standard InChI is InChI=1S/C26H28N4O2S3/c1-14(2)21-18-8-6-5-7-17(18)20-22-23(35-24(20)28-21)25(30-26(29-22)33-4)34-13-19(31)27-15-9-11-16(32-3)12-10-15/h9-12,14H,5-8,13H2,1-4H3,(H,27,31). The van der Waals surface area contributed by atoms with Gasteiger partial charge in [0.1, 0.15) is 15.6 Å². The van der Waals surface area contributed by atoms with E-state index in [4.69, 9.17) is 19.7 Å². The number of aryl methyl sites for hydroxylation is 1. The Bertz CT molecular complexity index is 1400. The van der Waals surface area contributed by atoms with Gasteiger partial charge in [0.15, 0.2) is 5.16 Å². The van der Waals surface area contributed by atoms with E-state index in [1.807, 2.05) is 30.5 Å². The summed E-state index contributed by atoms with van der Waals surface area (Å²) >= 11 is 4.65. The van der Waals surface area contributed by atoms with E-state index in [0.29, 0.717) is 5.92 Å². The van der Waals surface area contributed by atoms with Gasteiger partial charge in [0.05, 0.1) is 23.1 Å². The first-order valence-electron chi connectivity index (χ1n) is 11.7. The number of ether oxygens (including phenoxy) is 1. The van der Waals surface area contributed by atoms with Crippen molar-refractivity contribution in [1.82, 2.24) is 15.0 Å². The highest BCUT2D eigenvalue weighted by Gasteiger charge is 2.25. The van der Waals surface area contributed by atoms with Gasteiger partial charge in [-0.2, -0.15) is 0 Å². The second-order valence-electron chi connectivity index (χ2n) is 8.86. The minimum Gasteiger partial charge on any atom is -0.497 e. The Kier molecular flexibility index (Phi) is 7.18. The SMILES string of the molecule is COc1ccc(NC(=O)CSc2nc(SC)nc3c2sc2nc(C(C)C)c4c(c23)CCCC4)cc1. The van der Waals surface area contributed by atoms with E-state index in [0.717, 1.165) is 49.5 Å². The third kappa shape index (κ3) is 4.86. The minimum atomic E-state index is -0.0728. The quantitative estimate of drug-likeness (QED) is 0.164. The molecule has 3 aromatic heterocycles. The number of fused-ring (bicyclic) bond motifs is 5. The molecule has 0 atom stereocenters. The zero-order chi connectivity index (χ0) is 24.5. The number of methoxy groups -OCH3 is 1. The fraction of sp³-hybridized carbons (Fsp3) is 0.385.